The molecule has 0 aromatic heterocycles. The first-order valence-electron chi connectivity index (χ1n) is 13.0. The highest BCUT2D eigenvalue weighted by molar-refractivity contribution is 6.42. The smallest absolute Gasteiger partial charge is 0.254 e. The zero-order valence-electron chi connectivity index (χ0n) is 21.9. The number of carbonyl (C=O) groups excluding carboxylic acids is 1. The fraction of sp³-hybridized carbons (Fsp3) is 0.387. The fourth-order valence-electron chi connectivity index (χ4n) is 5.02. The van der Waals surface area contributed by atoms with Gasteiger partial charge in [-0.1, -0.05) is 59.6 Å². The molecule has 0 fully saturated rings. The third-order valence-electron chi connectivity index (χ3n) is 7.05. The number of phenolic OH excluding ortho intramolecular Hbond substituents is 1. The van der Waals surface area contributed by atoms with Crippen molar-refractivity contribution in [2.24, 2.45) is 0 Å². The first-order valence-corrected chi connectivity index (χ1v) is 13.7. The summed E-state index contributed by atoms with van der Waals surface area (Å²) in [4.78, 5) is 18.3. The Hall–Kier alpha value is -2.53. The second-order valence-corrected chi connectivity index (χ2v) is 11.7. The second-order valence-electron chi connectivity index (χ2n) is 10.9. The summed E-state index contributed by atoms with van der Waals surface area (Å²) >= 11 is 12.9. The molecule has 1 N–H and O–H groups in total. The van der Waals surface area contributed by atoms with Crippen molar-refractivity contribution in [1.29, 1.82) is 0 Å². The minimum atomic E-state index is -0.334. The highest BCUT2D eigenvalue weighted by atomic mass is 35.5. The molecular formula is C31H36Cl2N2O2. The van der Waals surface area contributed by atoms with Crippen molar-refractivity contribution in [2.45, 2.75) is 65.1 Å². The van der Waals surface area contributed by atoms with Crippen molar-refractivity contribution in [2.75, 3.05) is 13.1 Å². The number of hydrogen-bond acceptors (Lipinski definition) is 3. The number of carbonyl (C=O) groups is 1. The summed E-state index contributed by atoms with van der Waals surface area (Å²) in [6.45, 7) is 9.11. The molecule has 37 heavy (non-hydrogen) atoms. The lowest BCUT2D eigenvalue weighted by atomic mass is 9.97. The van der Waals surface area contributed by atoms with E-state index in [0.717, 1.165) is 44.3 Å². The third-order valence-corrected chi connectivity index (χ3v) is 7.77. The predicted octanol–water partition coefficient (Wildman–Crippen LogP) is 7.52. The highest BCUT2D eigenvalue weighted by Crippen LogP contribution is 2.31. The molecule has 0 atom stereocenters. The molecule has 1 aliphatic heterocycles. The van der Waals surface area contributed by atoms with Gasteiger partial charge in [-0.3, -0.25) is 9.69 Å². The van der Waals surface area contributed by atoms with Gasteiger partial charge in [-0.25, -0.2) is 0 Å². The Labute approximate surface area is 230 Å². The van der Waals surface area contributed by atoms with Gasteiger partial charge >= 0.3 is 0 Å². The summed E-state index contributed by atoms with van der Waals surface area (Å²) in [6, 6.07) is 19.6. The molecule has 3 aromatic carbocycles. The van der Waals surface area contributed by atoms with Crippen molar-refractivity contribution in [3.05, 3.63) is 98.5 Å². The summed E-state index contributed by atoms with van der Waals surface area (Å²) in [5.74, 6) is 0.290. The van der Waals surface area contributed by atoms with Gasteiger partial charge in [-0.05, 0) is 93.0 Å². The molecular weight excluding hydrogens is 503 g/mol. The van der Waals surface area contributed by atoms with E-state index >= 15 is 0 Å². The normalized spacial score (nSPS) is 13.9. The maximum Gasteiger partial charge on any atom is 0.254 e. The average molecular weight is 540 g/mol. The minimum absolute atomic E-state index is 0.0110. The van der Waals surface area contributed by atoms with Crippen molar-refractivity contribution in [3.8, 4) is 5.75 Å². The van der Waals surface area contributed by atoms with Crippen LogP contribution in [0.15, 0.2) is 60.7 Å². The van der Waals surface area contributed by atoms with Gasteiger partial charge in [0, 0.05) is 37.3 Å². The number of amides is 1. The first kappa shape index (κ1) is 27.5. The molecule has 196 valence electrons. The molecule has 0 aliphatic carbocycles. The molecule has 1 amide bonds. The molecule has 0 bridgehead atoms. The van der Waals surface area contributed by atoms with Crippen LogP contribution in [-0.4, -0.2) is 39.4 Å². The van der Waals surface area contributed by atoms with Gasteiger partial charge < -0.3 is 10.0 Å². The van der Waals surface area contributed by atoms with Crippen molar-refractivity contribution in [3.63, 3.8) is 0 Å². The number of aryl methyl sites for hydroxylation is 1. The number of phenols is 1. The zero-order valence-corrected chi connectivity index (χ0v) is 23.4. The monoisotopic (exact) mass is 538 g/mol. The van der Waals surface area contributed by atoms with E-state index in [1.807, 2.05) is 29.2 Å². The number of nitrogens with zero attached hydrogens (tertiary/aromatic N) is 2. The van der Waals surface area contributed by atoms with Crippen LogP contribution in [-0.2, 0) is 25.9 Å². The Morgan fingerprint density at radius 3 is 2.43 bits per heavy atom. The van der Waals surface area contributed by atoms with Gasteiger partial charge in [0.25, 0.3) is 5.91 Å². The lowest BCUT2D eigenvalue weighted by molar-refractivity contribution is 0.0575. The van der Waals surface area contributed by atoms with Gasteiger partial charge in [0.05, 0.1) is 10.0 Å². The molecule has 4 nitrogen and oxygen atoms in total. The van der Waals surface area contributed by atoms with E-state index in [1.165, 1.54) is 16.7 Å². The summed E-state index contributed by atoms with van der Waals surface area (Å²) in [5.41, 5.74) is 4.87. The fourth-order valence-corrected chi connectivity index (χ4v) is 5.37. The maximum absolute atomic E-state index is 14.0. The highest BCUT2D eigenvalue weighted by Gasteiger charge is 2.29. The van der Waals surface area contributed by atoms with Crippen LogP contribution in [0, 0.1) is 0 Å². The average Bonchev–Trinajstić information content (AvgIpc) is 2.85. The molecule has 4 rings (SSSR count). The topological polar surface area (TPSA) is 43.8 Å². The Morgan fingerprint density at radius 1 is 0.973 bits per heavy atom. The quantitative estimate of drug-likeness (QED) is 0.301. The number of benzene rings is 3. The van der Waals surface area contributed by atoms with Gasteiger partial charge in [-0.2, -0.15) is 0 Å². The third kappa shape index (κ3) is 7.07. The van der Waals surface area contributed by atoms with Crippen LogP contribution in [0.5, 0.6) is 5.75 Å². The van der Waals surface area contributed by atoms with Crippen LogP contribution < -0.4 is 0 Å². The lowest BCUT2D eigenvalue weighted by Gasteiger charge is -2.37. The Balaban J connectivity index is 1.51. The number of hydrogen-bond donors (Lipinski definition) is 1. The minimum Gasteiger partial charge on any atom is -0.508 e. The van der Waals surface area contributed by atoms with E-state index < -0.39 is 0 Å². The van der Waals surface area contributed by atoms with Crippen LogP contribution >= 0.6 is 23.2 Å². The van der Waals surface area contributed by atoms with Gasteiger partial charge in [-0.15, -0.1) is 0 Å². The molecule has 0 saturated carbocycles. The van der Waals surface area contributed by atoms with Crippen LogP contribution in [0.4, 0.5) is 0 Å². The lowest BCUT2D eigenvalue weighted by Crippen LogP contribution is -2.46. The molecule has 6 heteroatoms. The van der Waals surface area contributed by atoms with E-state index in [4.69, 9.17) is 23.2 Å². The first-order chi connectivity index (χ1) is 17.6. The molecule has 0 radical (unpaired) electrons. The van der Waals surface area contributed by atoms with E-state index in [1.54, 1.807) is 12.1 Å². The van der Waals surface area contributed by atoms with Gasteiger partial charge in [0.1, 0.15) is 5.75 Å². The van der Waals surface area contributed by atoms with Crippen LogP contribution in [0.1, 0.15) is 66.2 Å². The summed E-state index contributed by atoms with van der Waals surface area (Å²) < 4.78 is 0. The Morgan fingerprint density at radius 2 is 1.70 bits per heavy atom. The van der Waals surface area contributed by atoms with Crippen LogP contribution in [0.3, 0.4) is 0 Å². The number of rotatable bonds is 8. The summed E-state index contributed by atoms with van der Waals surface area (Å²) in [5, 5.41) is 10.7. The van der Waals surface area contributed by atoms with Gasteiger partial charge in [0.2, 0.25) is 0 Å². The summed E-state index contributed by atoms with van der Waals surface area (Å²) in [7, 11) is 0. The number of aromatic hydroxyl groups is 1. The van der Waals surface area contributed by atoms with E-state index in [-0.39, 0.29) is 11.4 Å². The van der Waals surface area contributed by atoms with Crippen molar-refractivity contribution >= 4 is 29.1 Å². The standard InChI is InChI=1S/C31H36Cl2N2O2/c1-31(2,3)35(15-8-7-11-22-9-5-4-6-10-22)30(37)27-19-29(33)28(32)18-25(27)21-34-16-14-23-17-26(36)13-12-24(23)20-34/h4-6,9-10,12-13,17-19,36H,7-8,11,14-16,20-21H2,1-3H3. The number of halogens is 2. The number of fused-ring (bicyclic) bond motifs is 1. The molecule has 1 aliphatic rings. The van der Waals surface area contributed by atoms with Crippen LogP contribution in [0.25, 0.3) is 0 Å². The largest absolute Gasteiger partial charge is 0.508 e. The number of unbranched alkanes of at least 4 members (excludes halogenated alkanes) is 1. The SMILES string of the molecule is CC(C)(C)N(CCCCc1ccccc1)C(=O)c1cc(Cl)c(Cl)cc1CN1CCc2cc(O)ccc2C1. The Bertz CT molecular complexity index is 1240. The molecule has 0 unspecified atom stereocenters. The van der Waals surface area contributed by atoms with Crippen molar-refractivity contribution in [1.82, 2.24) is 9.80 Å². The molecule has 3 aromatic rings. The van der Waals surface area contributed by atoms with E-state index in [9.17, 15) is 9.90 Å². The molecule has 0 spiro atoms. The van der Waals surface area contributed by atoms with E-state index in [2.05, 4.69) is 49.9 Å². The summed E-state index contributed by atoms with van der Waals surface area (Å²) in [6.07, 6.45) is 3.79. The second kappa shape index (κ2) is 11.9. The maximum atomic E-state index is 14.0. The van der Waals surface area contributed by atoms with Crippen LogP contribution in [0.2, 0.25) is 10.0 Å². The van der Waals surface area contributed by atoms with E-state index in [0.29, 0.717) is 34.4 Å². The van der Waals surface area contributed by atoms with Gasteiger partial charge in [0.15, 0.2) is 0 Å². The molecule has 1 heterocycles. The Kier molecular flexibility index (Phi) is 8.84. The predicted molar refractivity (Wildman–Crippen MR) is 153 cm³/mol. The zero-order chi connectivity index (χ0) is 26.6. The molecule has 0 saturated heterocycles. The van der Waals surface area contributed by atoms with Crippen molar-refractivity contribution < 1.29 is 9.90 Å².